The fourth-order valence-corrected chi connectivity index (χ4v) is 3.65. The maximum atomic E-state index is 13.8. The van der Waals surface area contributed by atoms with Crippen LogP contribution in [0, 0.1) is 26.7 Å². The van der Waals surface area contributed by atoms with Gasteiger partial charge in [-0.3, -0.25) is 4.79 Å². The van der Waals surface area contributed by atoms with Crippen LogP contribution in [0.3, 0.4) is 0 Å². The highest BCUT2D eigenvalue weighted by atomic mass is 19.4. The largest absolute Gasteiger partial charge is 0.416 e. The second-order valence-electron chi connectivity index (χ2n) is 8.56. The maximum absolute atomic E-state index is 13.8. The average molecular weight is 469 g/mol. The Bertz CT molecular complexity index is 1040. The molecule has 0 spiro atoms. The number of carbonyl (C=O) groups excluding carboxylic acids is 1. The lowest BCUT2D eigenvalue weighted by Gasteiger charge is -2.20. The Morgan fingerprint density at radius 3 is 2.15 bits per heavy atom. The predicted octanol–water partition coefficient (Wildman–Crippen LogP) is 7.02. The van der Waals surface area contributed by atoms with Crippen LogP contribution in [0.4, 0.5) is 26.3 Å². The van der Waals surface area contributed by atoms with Crippen molar-refractivity contribution >= 4 is 12.0 Å². The average Bonchev–Trinajstić information content (AvgIpc) is 3.54. The summed E-state index contributed by atoms with van der Waals surface area (Å²) in [6.45, 7) is 4.97. The fourth-order valence-electron chi connectivity index (χ4n) is 3.65. The molecule has 1 atom stereocenters. The summed E-state index contributed by atoms with van der Waals surface area (Å²) in [7, 11) is 0. The number of rotatable bonds is 6. The molecule has 1 unspecified atom stereocenters. The third kappa shape index (κ3) is 6.18. The van der Waals surface area contributed by atoms with E-state index in [-0.39, 0.29) is 35.1 Å². The molecule has 2 aromatic rings. The zero-order valence-electron chi connectivity index (χ0n) is 18.5. The molecule has 1 aliphatic carbocycles. The van der Waals surface area contributed by atoms with E-state index >= 15 is 0 Å². The van der Waals surface area contributed by atoms with Crippen LogP contribution in [-0.4, -0.2) is 12.1 Å². The van der Waals surface area contributed by atoms with Gasteiger partial charge in [0.25, 0.3) is 0 Å². The van der Waals surface area contributed by atoms with Crippen molar-refractivity contribution in [1.82, 2.24) is 5.32 Å². The van der Waals surface area contributed by atoms with Gasteiger partial charge in [0.15, 0.2) is 0 Å². The highest BCUT2D eigenvalue weighted by molar-refractivity contribution is 5.80. The molecule has 1 N–H and O–H groups in total. The monoisotopic (exact) mass is 469 g/mol. The molecule has 0 aromatic heterocycles. The Balaban J connectivity index is 1.90. The summed E-state index contributed by atoms with van der Waals surface area (Å²) < 4.78 is 82.1. The van der Waals surface area contributed by atoms with E-state index in [4.69, 9.17) is 0 Å². The van der Waals surface area contributed by atoms with Gasteiger partial charge in [-0.25, -0.2) is 0 Å². The molecule has 1 saturated carbocycles. The van der Waals surface area contributed by atoms with Crippen molar-refractivity contribution in [3.8, 4) is 0 Å². The lowest BCUT2D eigenvalue weighted by molar-refractivity contribution is -0.140. The molecule has 8 heteroatoms. The van der Waals surface area contributed by atoms with Crippen LogP contribution in [0.15, 0.2) is 36.4 Å². The molecule has 2 nitrogen and oxygen atoms in total. The van der Waals surface area contributed by atoms with Gasteiger partial charge < -0.3 is 5.32 Å². The van der Waals surface area contributed by atoms with Crippen molar-refractivity contribution in [3.63, 3.8) is 0 Å². The molecule has 0 aliphatic heterocycles. The first kappa shape index (κ1) is 24.9. The lowest BCUT2D eigenvalue weighted by Crippen LogP contribution is -2.25. The SMILES string of the molecule is Cc1cc(C(/C=C/c2ccc(CNC(=O)C3CC3)c(C(F)(F)F)c2)C(F)(F)F)cc(C)c1C. The predicted molar refractivity (Wildman–Crippen MR) is 114 cm³/mol. The summed E-state index contributed by atoms with van der Waals surface area (Å²) in [5, 5.41) is 2.49. The van der Waals surface area contributed by atoms with E-state index in [1.807, 2.05) is 6.92 Å². The van der Waals surface area contributed by atoms with E-state index in [9.17, 15) is 31.1 Å². The number of nitrogens with one attached hydrogen (secondary N) is 1. The molecule has 0 bridgehead atoms. The third-order valence-corrected chi connectivity index (χ3v) is 5.98. The summed E-state index contributed by atoms with van der Waals surface area (Å²) in [6.07, 6.45) is -5.93. The lowest BCUT2D eigenvalue weighted by atomic mass is 9.91. The Hall–Kier alpha value is -2.77. The van der Waals surface area contributed by atoms with Gasteiger partial charge in [0.2, 0.25) is 5.91 Å². The summed E-state index contributed by atoms with van der Waals surface area (Å²) in [5.74, 6) is -2.39. The normalized spacial score (nSPS) is 15.7. The Kier molecular flexibility index (Phi) is 6.96. The number of halogens is 6. The van der Waals surface area contributed by atoms with Crippen molar-refractivity contribution in [2.75, 3.05) is 0 Å². The van der Waals surface area contributed by atoms with E-state index in [0.717, 1.165) is 36.6 Å². The number of aryl methyl sites for hydroxylation is 2. The molecule has 0 heterocycles. The van der Waals surface area contributed by atoms with Crippen LogP contribution in [-0.2, 0) is 17.5 Å². The zero-order chi connectivity index (χ0) is 24.6. The van der Waals surface area contributed by atoms with E-state index in [0.29, 0.717) is 11.1 Å². The fraction of sp³-hybridized carbons (Fsp3) is 0.400. The smallest absolute Gasteiger partial charge is 0.352 e. The molecule has 3 rings (SSSR count). The van der Waals surface area contributed by atoms with Gasteiger partial charge in [0, 0.05) is 12.5 Å². The third-order valence-electron chi connectivity index (χ3n) is 5.98. The second-order valence-corrected chi connectivity index (χ2v) is 8.56. The maximum Gasteiger partial charge on any atom is 0.416 e. The number of benzene rings is 2. The van der Waals surface area contributed by atoms with Gasteiger partial charge in [0.05, 0.1) is 11.5 Å². The molecule has 1 fully saturated rings. The van der Waals surface area contributed by atoms with E-state index in [2.05, 4.69) is 5.32 Å². The number of carbonyl (C=O) groups is 1. The molecule has 1 amide bonds. The van der Waals surface area contributed by atoms with E-state index < -0.39 is 23.8 Å². The molecule has 2 aromatic carbocycles. The Morgan fingerprint density at radius 2 is 1.64 bits per heavy atom. The first-order valence-electron chi connectivity index (χ1n) is 10.6. The molecule has 1 aliphatic rings. The second kappa shape index (κ2) is 9.23. The van der Waals surface area contributed by atoms with Crippen LogP contribution >= 0.6 is 0 Å². The van der Waals surface area contributed by atoms with Gasteiger partial charge in [-0.1, -0.05) is 36.4 Å². The van der Waals surface area contributed by atoms with Gasteiger partial charge >= 0.3 is 12.4 Å². The van der Waals surface area contributed by atoms with Gasteiger partial charge in [-0.2, -0.15) is 26.3 Å². The molecule has 178 valence electrons. The van der Waals surface area contributed by atoms with Gasteiger partial charge in [0.1, 0.15) is 0 Å². The number of alkyl halides is 6. The molecule has 0 saturated heterocycles. The van der Waals surface area contributed by atoms with E-state index in [1.54, 1.807) is 13.8 Å². The van der Waals surface area contributed by atoms with Crippen molar-refractivity contribution in [2.45, 2.75) is 58.4 Å². The topological polar surface area (TPSA) is 29.1 Å². The minimum absolute atomic E-state index is 0.00519. The molecule has 33 heavy (non-hydrogen) atoms. The van der Waals surface area contributed by atoms with E-state index in [1.165, 1.54) is 24.3 Å². The minimum Gasteiger partial charge on any atom is -0.352 e. The zero-order valence-corrected chi connectivity index (χ0v) is 18.5. The van der Waals surface area contributed by atoms with Crippen LogP contribution in [0.25, 0.3) is 6.08 Å². The highest BCUT2D eigenvalue weighted by Gasteiger charge is 2.39. The highest BCUT2D eigenvalue weighted by Crippen LogP contribution is 2.38. The minimum atomic E-state index is -4.71. The summed E-state index contributed by atoms with van der Waals surface area (Å²) in [6, 6.07) is 6.24. The van der Waals surface area contributed by atoms with Crippen molar-refractivity contribution < 1.29 is 31.1 Å². The number of allylic oxidation sites excluding steroid dienone is 1. The standard InChI is InChI=1S/C25H25F6NO/c1-14-10-20(11-15(2)16(14)3)21(24(26,27)28)9-5-17-4-6-19(22(12-17)25(29,30)31)13-32-23(33)18-7-8-18/h4-6,9-12,18,21H,7-8,13H2,1-3H3,(H,32,33)/b9-5+. The Morgan fingerprint density at radius 1 is 1.03 bits per heavy atom. The first-order valence-corrected chi connectivity index (χ1v) is 10.6. The van der Waals surface area contributed by atoms with Crippen molar-refractivity contribution in [2.24, 2.45) is 5.92 Å². The summed E-state index contributed by atoms with van der Waals surface area (Å²) in [5.41, 5.74) is 1.23. The first-order chi connectivity index (χ1) is 15.3. The van der Waals surface area contributed by atoms with Crippen molar-refractivity contribution in [1.29, 1.82) is 0 Å². The summed E-state index contributed by atoms with van der Waals surface area (Å²) >= 11 is 0. The molecular formula is C25H25F6NO. The van der Waals surface area contributed by atoms with Crippen LogP contribution in [0.1, 0.15) is 57.7 Å². The van der Waals surface area contributed by atoms with Gasteiger partial charge in [-0.05, 0) is 73.1 Å². The van der Waals surface area contributed by atoms with Gasteiger partial charge in [-0.15, -0.1) is 0 Å². The number of hydrogen-bond donors (Lipinski definition) is 1. The van der Waals surface area contributed by atoms with Crippen LogP contribution in [0.5, 0.6) is 0 Å². The quantitative estimate of drug-likeness (QED) is 0.453. The number of hydrogen-bond acceptors (Lipinski definition) is 1. The molecular weight excluding hydrogens is 444 g/mol. The van der Waals surface area contributed by atoms with Crippen LogP contribution in [0.2, 0.25) is 0 Å². The molecule has 0 radical (unpaired) electrons. The van der Waals surface area contributed by atoms with Crippen molar-refractivity contribution in [3.05, 3.63) is 75.4 Å². The Labute approximate surface area is 188 Å². The number of amides is 1. The summed E-state index contributed by atoms with van der Waals surface area (Å²) in [4.78, 5) is 11.8. The van der Waals surface area contributed by atoms with Crippen LogP contribution < -0.4 is 5.32 Å².